The first kappa shape index (κ1) is 26.0. The van der Waals surface area contributed by atoms with E-state index in [1.54, 1.807) is 0 Å². The van der Waals surface area contributed by atoms with Crippen LogP contribution in [0.25, 0.3) is 10.8 Å². The molecular weight excluding hydrogens is 462 g/mol. The number of rotatable bonds is 6. The minimum atomic E-state index is -0.0458. The van der Waals surface area contributed by atoms with E-state index in [0.29, 0.717) is 11.9 Å². The van der Waals surface area contributed by atoms with Gasteiger partial charge in [-0.25, -0.2) is 4.99 Å². The summed E-state index contributed by atoms with van der Waals surface area (Å²) in [6.07, 6.45) is 3.34. The van der Waals surface area contributed by atoms with Gasteiger partial charge in [0, 0.05) is 12.4 Å². The molecule has 0 spiro atoms. The predicted molar refractivity (Wildman–Crippen MR) is 163 cm³/mol. The maximum Gasteiger partial charge on any atom is 0.197 e. The molecule has 0 saturated heterocycles. The van der Waals surface area contributed by atoms with Crippen LogP contribution in [0.15, 0.2) is 83.9 Å². The molecule has 0 aromatic heterocycles. The van der Waals surface area contributed by atoms with E-state index in [2.05, 4.69) is 125 Å². The molecule has 38 heavy (non-hydrogen) atoms. The van der Waals surface area contributed by atoms with Gasteiger partial charge >= 0.3 is 0 Å². The summed E-state index contributed by atoms with van der Waals surface area (Å²) in [5, 5.41) is 2.55. The van der Waals surface area contributed by atoms with Gasteiger partial charge in [-0.3, -0.25) is 0 Å². The highest BCUT2D eigenvalue weighted by Gasteiger charge is 2.23. The van der Waals surface area contributed by atoms with Gasteiger partial charge in [0.15, 0.2) is 5.96 Å². The van der Waals surface area contributed by atoms with Gasteiger partial charge in [-0.05, 0) is 75.4 Å². The molecule has 2 atom stereocenters. The second-order valence-corrected chi connectivity index (χ2v) is 11.9. The molecule has 0 heterocycles. The van der Waals surface area contributed by atoms with E-state index in [0.717, 1.165) is 24.9 Å². The number of hydrogen-bond donors (Lipinski definition) is 1. The van der Waals surface area contributed by atoms with Gasteiger partial charge in [-0.2, -0.15) is 0 Å². The highest BCUT2D eigenvalue weighted by molar-refractivity contribution is 6.00. The Balaban J connectivity index is 1.55. The van der Waals surface area contributed by atoms with Crippen LogP contribution in [-0.4, -0.2) is 17.9 Å². The Bertz CT molecular complexity index is 1450. The monoisotopic (exact) mass is 503 g/mol. The van der Waals surface area contributed by atoms with Crippen LogP contribution >= 0.6 is 0 Å². The average Bonchev–Trinajstić information content (AvgIpc) is 3.34. The van der Waals surface area contributed by atoms with E-state index in [1.807, 2.05) is 0 Å². The Morgan fingerprint density at radius 2 is 1.42 bits per heavy atom. The van der Waals surface area contributed by atoms with Crippen molar-refractivity contribution in [2.45, 2.75) is 71.3 Å². The van der Waals surface area contributed by atoms with Crippen LogP contribution in [0.3, 0.4) is 0 Å². The summed E-state index contributed by atoms with van der Waals surface area (Å²) in [5.41, 5.74) is 15.8. The number of nitrogens with two attached hydrogens (primary N) is 1. The molecule has 0 radical (unpaired) electrons. The Morgan fingerprint density at radius 1 is 0.842 bits per heavy atom. The topological polar surface area (TPSA) is 41.6 Å². The number of hydrogen-bond acceptors (Lipinski definition) is 1. The number of aliphatic imine (C=N–C) groups is 1. The van der Waals surface area contributed by atoms with Crippen molar-refractivity contribution in [3.05, 3.63) is 112 Å². The molecular formula is C35H41N3. The van der Waals surface area contributed by atoms with Crippen LogP contribution in [0.2, 0.25) is 0 Å². The molecule has 196 valence electrons. The molecule has 1 aliphatic carbocycles. The molecule has 2 unspecified atom stereocenters. The van der Waals surface area contributed by atoms with Crippen LogP contribution in [0, 0.1) is 0 Å². The van der Waals surface area contributed by atoms with Crippen molar-refractivity contribution in [1.82, 2.24) is 4.90 Å². The van der Waals surface area contributed by atoms with Gasteiger partial charge in [0.05, 0.1) is 11.7 Å². The molecule has 3 heteroatoms. The van der Waals surface area contributed by atoms with E-state index in [4.69, 9.17) is 10.7 Å². The molecule has 0 bridgehead atoms. The summed E-state index contributed by atoms with van der Waals surface area (Å²) in [7, 11) is 2.06. The molecule has 0 fully saturated rings. The zero-order valence-corrected chi connectivity index (χ0v) is 23.8. The molecule has 3 nitrogen and oxygen atoms in total. The molecule has 4 aromatic rings. The van der Waals surface area contributed by atoms with Gasteiger partial charge < -0.3 is 10.6 Å². The van der Waals surface area contributed by atoms with Crippen molar-refractivity contribution < 1.29 is 0 Å². The highest BCUT2D eigenvalue weighted by atomic mass is 15.3. The summed E-state index contributed by atoms with van der Waals surface area (Å²) < 4.78 is 0. The van der Waals surface area contributed by atoms with Crippen LogP contribution < -0.4 is 5.73 Å². The van der Waals surface area contributed by atoms with Crippen molar-refractivity contribution in [3.8, 4) is 0 Å². The Hall–Kier alpha value is -3.59. The summed E-state index contributed by atoms with van der Waals surface area (Å²) in [6.45, 7) is 11.3. The van der Waals surface area contributed by atoms with Gasteiger partial charge in [0.2, 0.25) is 0 Å². The summed E-state index contributed by atoms with van der Waals surface area (Å²) >= 11 is 0. The smallest absolute Gasteiger partial charge is 0.197 e. The largest absolute Gasteiger partial charge is 0.369 e. The fraction of sp³-hybridized carbons (Fsp3) is 0.343. The van der Waals surface area contributed by atoms with Crippen molar-refractivity contribution >= 4 is 22.4 Å². The van der Waals surface area contributed by atoms with Crippen molar-refractivity contribution in [3.63, 3.8) is 0 Å². The normalized spacial score (nSPS) is 15.1. The third-order valence-corrected chi connectivity index (χ3v) is 8.36. The number of benzene rings is 4. The second kappa shape index (κ2) is 10.3. The Kier molecular flexibility index (Phi) is 7.05. The Labute approximate surface area is 228 Å². The zero-order valence-electron chi connectivity index (χ0n) is 23.8. The first-order valence-electron chi connectivity index (χ1n) is 14.0. The molecule has 4 aromatic carbocycles. The average molecular weight is 504 g/mol. The molecule has 2 N–H and O–H groups in total. The first-order valence-corrected chi connectivity index (χ1v) is 14.0. The minimum Gasteiger partial charge on any atom is -0.369 e. The van der Waals surface area contributed by atoms with Gasteiger partial charge in [-0.1, -0.05) is 107 Å². The molecule has 5 rings (SSSR count). The number of nitrogens with zero attached hydrogens (tertiary/aromatic N) is 2. The first-order chi connectivity index (χ1) is 18.2. The van der Waals surface area contributed by atoms with Crippen LogP contribution in [-0.2, 0) is 18.3 Å². The molecule has 0 amide bonds. The summed E-state index contributed by atoms with van der Waals surface area (Å²) in [4.78, 5) is 7.12. The van der Waals surface area contributed by atoms with Crippen LogP contribution in [0.1, 0.15) is 86.4 Å². The fourth-order valence-corrected chi connectivity index (χ4v) is 5.71. The Morgan fingerprint density at radius 3 is 2.03 bits per heavy atom. The maximum absolute atomic E-state index is 6.78. The predicted octanol–water partition coefficient (Wildman–Crippen LogP) is 8.42. The lowest BCUT2D eigenvalue weighted by molar-refractivity contribution is 0.422. The number of aryl methyl sites for hydroxylation is 2. The fourth-order valence-electron chi connectivity index (χ4n) is 5.71. The van der Waals surface area contributed by atoms with E-state index in [-0.39, 0.29) is 11.5 Å². The lowest BCUT2D eigenvalue weighted by Crippen LogP contribution is -2.37. The van der Waals surface area contributed by atoms with E-state index in [9.17, 15) is 0 Å². The molecule has 0 saturated carbocycles. The third-order valence-electron chi connectivity index (χ3n) is 8.36. The lowest BCUT2D eigenvalue weighted by atomic mass is 9.85. The second-order valence-electron chi connectivity index (χ2n) is 11.9. The van der Waals surface area contributed by atoms with Gasteiger partial charge in [-0.15, -0.1) is 0 Å². The lowest BCUT2D eigenvalue weighted by Gasteiger charge is -2.31. The highest BCUT2D eigenvalue weighted by Crippen LogP contribution is 2.37. The minimum absolute atomic E-state index is 0.0458. The van der Waals surface area contributed by atoms with Crippen LogP contribution in [0.4, 0.5) is 5.69 Å². The van der Waals surface area contributed by atoms with Crippen LogP contribution in [0.5, 0.6) is 0 Å². The molecule has 0 aliphatic heterocycles. The summed E-state index contributed by atoms with van der Waals surface area (Å²) in [5.74, 6) is 1.06. The standard InChI is InChI=1S/C35H41N3/c1-7-23(2)24-11-15-27(16-12-24)33(28-17-20-29(21-18-28)35(3,4)5)38(6)34(36)37-31-22-19-26-14-13-25-9-8-10-30(31)32(25)26/h8-12,15-23,33H,7,13-14H2,1-6H3,(H2,36,37). The molecule has 1 aliphatic rings. The van der Waals surface area contributed by atoms with Crippen molar-refractivity contribution in [2.24, 2.45) is 10.7 Å². The summed E-state index contributed by atoms with van der Waals surface area (Å²) in [6, 6.07) is 28.9. The van der Waals surface area contributed by atoms with E-state index >= 15 is 0 Å². The SMILES string of the molecule is CCC(C)c1ccc(C(c2ccc(C(C)(C)C)cc2)N(C)C(N)=Nc2ccc3c4c(cccc24)CC3)cc1. The zero-order chi connectivity index (χ0) is 27.0. The third kappa shape index (κ3) is 4.95. The van der Waals surface area contributed by atoms with Gasteiger partial charge in [0.1, 0.15) is 0 Å². The maximum atomic E-state index is 6.78. The van der Waals surface area contributed by atoms with Crippen molar-refractivity contribution in [1.29, 1.82) is 0 Å². The van der Waals surface area contributed by atoms with E-state index < -0.39 is 0 Å². The van der Waals surface area contributed by atoms with E-state index in [1.165, 1.54) is 44.2 Å². The van der Waals surface area contributed by atoms with Gasteiger partial charge in [0.25, 0.3) is 0 Å². The number of guanidine groups is 1. The quantitative estimate of drug-likeness (QED) is 0.212. The van der Waals surface area contributed by atoms with Crippen molar-refractivity contribution in [2.75, 3.05) is 7.05 Å².